The van der Waals surface area contributed by atoms with Crippen LogP contribution in [0.5, 0.6) is 5.75 Å². The Morgan fingerprint density at radius 2 is 1.85 bits per heavy atom. The Labute approximate surface area is 159 Å². The first kappa shape index (κ1) is 18.7. The predicted molar refractivity (Wildman–Crippen MR) is 106 cm³/mol. The van der Waals surface area contributed by atoms with Gasteiger partial charge in [0, 0.05) is 24.9 Å². The summed E-state index contributed by atoms with van der Waals surface area (Å²) < 4.78 is 5.13. The SMILES string of the molecule is COc1ccc(C=CC(=O)N2CCCC(C(=O)Nc3ccccc3)C2)cc1. The van der Waals surface area contributed by atoms with Gasteiger partial charge in [0.25, 0.3) is 0 Å². The monoisotopic (exact) mass is 364 g/mol. The summed E-state index contributed by atoms with van der Waals surface area (Å²) in [5.41, 5.74) is 1.71. The minimum atomic E-state index is -0.183. The molecule has 1 atom stereocenters. The maximum Gasteiger partial charge on any atom is 0.246 e. The summed E-state index contributed by atoms with van der Waals surface area (Å²) in [6.45, 7) is 1.13. The Balaban J connectivity index is 1.57. The fourth-order valence-electron chi connectivity index (χ4n) is 3.15. The molecule has 1 heterocycles. The lowest BCUT2D eigenvalue weighted by atomic mass is 9.97. The molecule has 140 valence electrons. The van der Waals surface area contributed by atoms with Gasteiger partial charge in [0.2, 0.25) is 11.8 Å². The fraction of sp³-hybridized carbons (Fsp3) is 0.273. The third-order valence-electron chi connectivity index (χ3n) is 4.68. The zero-order valence-corrected chi connectivity index (χ0v) is 15.4. The first-order valence-corrected chi connectivity index (χ1v) is 9.12. The topological polar surface area (TPSA) is 58.6 Å². The van der Waals surface area contributed by atoms with Crippen molar-refractivity contribution in [1.29, 1.82) is 0 Å². The standard InChI is InChI=1S/C22H24N2O3/c1-27-20-12-9-17(10-13-20)11-14-21(25)24-15-5-6-18(16-24)22(26)23-19-7-3-2-4-8-19/h2-4,7-14,18H,5-6,15-16H2,1H3,(H,23,26). The van der Waals surface area contributed by atoms with Gasteiger partial charge in [-0.1, -0.05) is 30.3 Å². The highest BCUT2D eigenvalue weighted by atomic mass is 16.5. The maximum absolute atomic E-state index is 12.5. The van der Waals surface area contributed by atoms with Gasteiger partial charge in [-0.3, -0.25) is 9.59 Å². The van der Waals surface area contributed by atoms with E-state index in [-0.39, 0.29) is 17.7 Å². The lowest BCUT2D eigenvalue weighted by Gasteiger charge is -2.31. The maximum atomic E-state index is 12.5. The molecule has 1 unspecified atom stereocenters. The van der Waals surface area contributed by atoms with Crippen LogP contribution in [-0.2, 0) is 9.59 Å². The molecule has 2 amide bonds. The summed E-state index contributed by atoms with van der Waals surface area (Å²) in [6, 6.07) is 16.9. The zero-order valence-electron chi connectivity index (χ0n) is 15.4. The van der Waals surface area contributed by atoms with Crippen LogP contribution < -0.4 is 10.1 Å². The second kappa shape index (κ2) is 9.03. The number of benzene rings is 2. The summed E-state index contributed by atoms with van der Waals surface area (Å²) >= 11 is 0. The minimum Gasteiger partial charge on any atom is -0.497 e. The Hall–Kier alpha value is -3.08. The number of rotatable bonds is 5. The Morgan fingerprint density at radius 3 is 2.56 bits per heavy atom. The summed E-state index contributed by atoms with van der Waals surface area (Å²) in [5.74, 6) is 0.500. The van der Waals surface area contributed by atoms with Gasteiger partial charge in [-0.05, 0) is 48.7 Å². The molecule has 0 saturated carbocycles. The number of carbonyl (C=O) groups excluding carboxylic acids is 2. The molecule has 1 aliphatic heterocycles. The molecule has 1 N–H and O–H groups in total. The van der Waals surface area contributed by atoms with E-state index >= 15 is 0 Å². The Kier molecular flexibility index (Phi) is 6.26. The largest absolute Gasteiger partial charge is 0.497 e. The summed E-state index contributed by atoms with van der Waals surface area (Å²) in [6.07, 6.45) is 4.98. The normalized spacial score (nSPS) is 16.9. The van der Waals surface area contributed by atoms with Crippen molar-refractivity contribution in [2.24, 2.45) is 5.92 Å². The summed E-state index contributed by atoms with van der Waals surface area (Å²) in [5, 5.41) is 2.93. The summed E-state index contributed by atoms with van der Waals surface area (Å²) in [7, 11) is 1.62. The molecule has 5 nitrogen and oxygen atoms in total. The number of piperidine rings is 1. The van der Waals surface area contributed by atoms with E-state index in [4.69, 9.17) is 4.74 Å². The smallest absolute Gasteiger partial charge is 0.246 e. The number of likely N-dealkylation sites (tertiary alicyclic amines) is 1. The van der Waals surface area contributed by atoms with Crippen LogP contribution in [0.4, 0.5) is 5.69 Å². The highest BCUT2D eigenvalue weighted by molar-refractivity contribution is 5.95. The van der Waals surface area contributed by atoms with Crippen molar-refractivity contribution in [1.82, 2.24) is 4.90 Å². The first-order chi connectivity index (χ1) is 13.2. The van der Waals surface area contributed by atoms with Crippen molar-refractivity contribution in [3.05, 3.63) is 66.2 Å². The molecule has 0 spiro atoms. The predicted octanol–water partition coefficient (Wildman–Crippen LogP) is 3.59. The average Bonchev–Trinajstić information content (AvgIpc) is 2.73. The van der Waals surface area contributed by atoms with Crippen LogP contribution in [0.1, 0.15) is 18.4 Å². The summed E-state index contributed by atoms with van der Waals surface area (Å²) in [4.78, 5) is 26.7. The molecule has 0 radical (unpaired) electrons. The molecule has 3 rings (SSSR count). The number of nitrogens with one attached hydrogen (secondary N) is 1. The van der Waals surface area contributed by atoms with Crippen molar-refractivity contribution in [2.75, 3.05) is 25.5 Å². The Morgan fingerprint density at radius 1 is 1.11 bits per heavy atom. The highest BCUT2D eigenvalue weighted by Gasteiger charge is 2.27. The van der Waals surface area contributed by atoms with E-state index in [0.29, 0.717) is 13.1 Å². The molecular formula is C22H24N2O3. The van der Waals surface area contributed by atoms with Crippen LogP contribution in [0.2, 0.25) is 0 Å². The first-order valence-electron chi connectivity index (χ1n) is 9.12. The van der Waals surface area contributed by atoms with Crippen LogP contribution in [0.15, 0.2) is 60.7 Å². The van der Waals surface area contributed by atoms with Crippen molar-refractivity contribution >= 4 is 23.6 Å². The number of nitrogens with zero attached hydrogens (tertiary/aromatic N) is 1. The number of hydrogen-bond acceptors (Lipinski definition) is 3. The molecule has 5 heteroatoms. The molecule has 27 heavy (non-hydrogen) atoms. The van der Waals surface area contributed by atoms with E-state index < -0.39 is 0 Å². The van der Waals surface area contributed by atoms with Gasteiger partial charge < -0.3 is 15.0 Å². The molecule has 1 saturated heterocycles. The molecule has 1 aliphatic rings. The van der Waals surface area contributed by atoms with E-state index in [1.807, 2.05) is 54.6 Å². The van der Waals surface area contributed by atoms with Gasteiger partial charge in [0.15, 0.2) is 0 Å². The molecule has 0 bridgehead atoms. The average molecular weight is 364 g/mol. The van der Waals surface area contributed by atoms with Crippen molar-refractivity contribution in [2.45, 2.75) is 12.8 Å². The number of ether oxygens (including phenoxy) is 1. The fourth-order valence-corrected chi connectivity index (χ4v) is 3.15. The van der Waals surface area contributed by atoms with Crippen LogP contribution in [-0.4, -0.2) is 36.9 Å². The van der Waals surface area contributed by atoms with Crippen LogP contribution in [0.3, 0.4) is 0 Å². The molecule has 0 aliphatic carbocycles. The van der Waals surface area contributed by atoms with Crippen LogP contribution in [0.25, 0.3) is 6.08 Å². The van der Waals surface area contributed by atoms with E-state index in [0.717, 1.165) is 29.8 Å². The second-order valence-corrected chi connectivity index (χ2v) is 6.59. The van der Waals surface area contributed by atoms with E-state index in [1.165, 1.54) is 0 Å². The zero-order chi connectivity index (χ0) is 19.1. The van der Waals surface area contributed by atoms with E-state index in [9.17, 15) is 9.59 Å². The third kappa shape index (κ3) is 5.20. The van der Waals surface area contributed by atoms with Crippen molar-refractivity contribution in [3.8, 4) is 5.75 Å². The van der Waals surface area contributed by atoms with Crippen molar-refractivity contribution < 1.29 is 14.3 Å². The van der Waals surface area contributed by atoms with E-state index in [1.54, 1.807) is 24.2 Å². The third-order valence-corrected chi connectivity index (χ3v) is 4.68. The quantitative estimate of drug-likeness (QED) is 0.825. The molecular weight excluding hydrogens is 340 g/mol. The molecule has 0 aromatic heterocycles. The molecule has 2 aromatic rings. The molecule has 2 aromatic carbocycles. The van der Waals surface area contributed by atoms with Gasteiger partial charge in [-0.2, -0.15) is 0 Å². The van der Waals surface area contributed by atoms with Gasteiger partial charge in [-0.25, -0.2) is 0 Å². The van der Waals surface area contributed by atoms with Gasteiger partial charge in [0.05, 0.1) is 13.0 Å². The minimum absolute atomic E-state index is 0.0298. The van der Waals surface area contributed by atoms with Gasteiger partial charge in [-0.15, -0.1) is 0 Å². The lowest BCUT2D eigenvalue weighted by molar-refractivity contribution is -0.130. The number of carbonyl (C=O) groups is 2. The number of para-hydroxylation sites is 1. The van der Waals surface area contributed by atoms with Gasteiger partial charge >= 0.3 is 0 Å². The van der Waals surface area contributed by atoms with E-state index in [2.05, 4.69) is 5.32 Å². The molecule has 1 fully saturated rings. The number of anilines is 1. The lowest BCUT2D eigenvalue weighted by Crippen LogP contribution is -2.43. The van der Waals surface area contributed by atoms with Crippen LogP contribution in [0, 0.1) is 5.92 Å². The van der Waals surface area contributed by atoms with Crippen molar-refractivity contribution in [3.63, 3.8) is 0 Å². The highest BCUT2D eigenvalue weighted by Crippen LogP contribution is 2.19. The Bertz CT molecular complexity index is 800. The second-order valence-electron chi connectivity index (χ2n) is 6.59. The number of methoxy groups -OCH3 is 1. The number of hydrogen-bond donors (Lipinski definition) is 1. The van der Waals surface area contributed by atoms with Crippen LogP contribution >= 0.6 is 0 Å². The van der Waals surface area contributed by atoms with Gasteiger partial charge in [0.1, 0.15) is 5.75 Å². The number of amides is 2.